The van der Waals surface area contributed by atoms with E-state index in [4.69, 9.17) is 10.2 Å². The van der Waals surface area contributed by atoms with Crippen molar-refractivity contribution in [2.45, 2.75) is 19.4 Å². The Kier molecular flexibility index (Phi) is 5.53. The molecule has 0 fully saturated rings. The van der Waals surface area contributed by atoms with Gasteiger partial charge in [-0.3, -0.25) is 9.69 Å². The molecule has 2 amide bonds. The van der Waals surface area contributed by atoms with Crippen LogP contribution < -0.4 is 10.2 Å². The number of phenolic OH excluding ortho intramolecular Hbond substituents is 1. The van der Waals surface area contributed by atoms with E-state index in [9.17, 15) is 19.5 Å². The molecule has 1 aromatic rings. The Morgan fingerprint density at radius 1 is 1.29 bits per heavy atom. The second kappa shape index (κ2) is 7.13. The van der Waals surface area contributed by atoms with Crippen LogP contribution in [0.2, 0.25) is 0 Å². The van der Waals surface area contributed by atoms with Crippen LogP contribution in [0, 0.1) is 0 Å². The quantitative estimate of drug-likeness (QED) is 0.616. The van der Waals surface area contributed by atoms with E-state index in [1.807, 2.05) is 0 Å². The lowest BCUT2D eigenvalue weighted by Crippen LogP contribution is -2.48. The highest BCUT2D eigenvalue weighted by atomic mass is 16.4. The van der Waals surface area contributed by atoms with Gasteiger partial charge in [0.1, 0.15) is 11.8 Å². The molecular weight excluding hydrogens is 280 g/mol. The Morgan fingerprint density at radius 3 is 2.43 bits per heavy atom. The lowest BCUT2D eigenvalue weighted by Gasteiger charge is -2.23. The summed E-state index contributed by atoms with van der Waals surface area (Å²) in [4.78, 5) is 34.8. The zero-order valence-corrected chi connectivity index (χ0v) is 11.3. The molecule has 114 valence electrons. The lowest BCUT2D eigenvalue weighted by atomic mass is 10.2. The van der Waals surface area contributed by atoms with Gasteiger partial charge in [0.15, 0.2) is 0 Å². The topological polar surface area (TPSA) is 127 Å². The van der Waals surface area contributed by atoms with Crippen molar-refractivity contribution < 1.29 is 29.7 Å². The van der Waals surface area contributed by atoms with Gasteiger partial charge in [-0.15, -0.1) is 0 Å². The zero-order chi connectivity index (χ0) is 16.0. The van der Waals surface area contributed by atoms with Crippen molar-refractivity contribution in [3.8, 4) is 5.75 Å². The van der Waals surface area contributed by atoms with E-state index in [-0.39, 0.29) is 12.3 Å². The second-order valence-corrected chi connectivity index (χ2v) is 4.20. The van der Waals surface area contributed by atoms with Gasteiger partial charge in [-0.2, -0.15) is 0 Å². The number of aliphatic carboxylic acids is 2. The molecular formula is C13H16N2O6. The van der Waals surface area contributed by atoms with Gasteiger partial charge in [0.25, 0.3) is 0 Å². The van der Waals surface area contributed by atoms with Gasteiger partial charge >= 0.3 is 18.0 Å². The summed E-state index contributed by atoms with van der Waals surface area (Å²) >= 11 is 0. The number of benzene rings is 1. The summed E-state index contributed by atoms with van der Waals surface area (Å²) in [7, 11) is 0. The molecule has 0 spiro atoms. The highest BCUT2D eigenvalue weighted by Gasteiger charge is 2.25. The first-order chi connectivity index (χ1) is 9.85. The SMILES string of the molecule is CCN(C(=O)NC(CC(=O)O)C(=O)O)c1cccc(O)c1. The molecule has 0 radical (unpaired) electrons. The van der Waals surface area contributed by atoms with Gasteiger partial charge < -0.3 is 20.6 Å². The molecule has 1 atom stereocenters. The first kappa shape index (κ1) is 16.3. The van der Waals surface area contributed by atoms with Crippen LogP contribution >= 0.6 is 0 Å². The number of carboxylic acids is 2. The first-order valence-electron chi connectivity index (χ1n) is 6.16. The molecule has 0 aromatic heterocycles. The summed E-state index contributed by atoms with van der Waals surface area (Å²) in [5, 5.41) is 29.1. The molecule has 21 heavy (non-hydrogen) atoms. The average Bonchev–Trinajstić information content (AvgIpc) is 2.38. The van der Waals surface area contributed by atoms with Crippen molar-refractivity contribution in [1.82, 2.24) is 5.32 Å². The number of carbonyl (C=O) groups is 3. The van der Waals surface area contributed by atoms with Crippen molar-refractivity contribution in [3.63, 3.8) is 0 Å². The van der Waals surface area contributed by atoms with Crippen LogP contribution in [-0.4, -0.2) is 45.9 Å². The minimum absolute atomic E-state index is 0.0425. The van der Waals surface area contributed by atoms with Crippen LogP contribution in [0.1, 0.15) is 13.3 Å². The number of nitrogens with zero attached hydrogens (tertiary/aromatic N) is 1. The number of carboxylic acid groups (broad SMARTS) is 2. The van der Waals surface area contributed by atoms with Crippen molar-refractivity contribution in [1.29, 1.82) is 0 Å². The Hall–Kier alpha value is -2.77. The van der Waals surface area contributed by atoms with Crippen LogP contribution in [0.3, 0.4) is 0 Å². The van der Waals surface area contributed by atoms with Crippen LogP contribution in [0.25, 0.3) is 0 Å². The fourth-order valence-corrected chi connectivity index (χ4v) is 1.71. The summed E-state index contributed by atoms with van der Waals surface area (Å²) in [6.45, 7) is 1.88. The second-order valence-electron chi connectivity index (χ2n) is 4.20. The van der Waals surface area contributed by atoms with Crippen molar-refractivity contribution in [2.75, 3.05) is 11.4 Å². The minimum Gasteiger partial charge on any atom is -0.508 e. The number of nitrogens with one attached hydrogen (secondary N) is 1. The van der Waals surface area contributed by atoms with Gasteiger partial charge in [0.2, 0.25) is 0 Å². The van der Waals surface area contributed by atoms with Crippen molar-refractivity contribution in [2.24, 2.45) is 0 Å². The van der Waals surface area contributed by atoms with Crippen LogP contribution in [0.5, 0.6) is 5.75 Å². The molecule has 0 heterocycles. The third-order valence-electron chi connectivity index (χ3n) is 2.68. The predicted molar refractivity (Wildman–Crippen MR) is 73.3 cm³/mol. The Balaban J connectivity index is 2.88. The third kappa shape index (κ3) is 4.68. The maximum Gasteiger partial charge on any atom is 0.326 e. The van der Waals surface area contributed by atoms with Gasteiger partial charge in [0.05, 0.1) is 6.42 Å². The van der Waals surface area contributed by atoms with Gasteiger partial charge in [-0.1, -0.05) is 6.07 Å². The molecule has 0 aliphatic heterocycles. The van der Waals surface area contributed by atoms with Gasteiger partial charge in [-0.05, 0) is 19.1 Å². The van der Waals surface area contributed by atoms with E-state index >= 15 is 0 Å². The lowest BCUT2D eigenvalue weighted by molar-refractivity contribution is -0.145. The molecule has 1 aromatic carbocycles. The standard InChI is InChI=1S/C13H16N2O6/c1-2-15(8-4-3-5-9(16)6-8)13(21)14-10(12(19)20)7-11(17)18/h3-6,10,16H,2,7H2,1H3,(H,14,21)(H,17,18)(H,19,20). The Morgan fingerprint density at radius 2 is 1.95 bits per heavy atom. The van der Waals surface area contributed by atoms with Crippen LogP contribution in [-0.2, 0) is 9.59 Å². The summed E-state index contributed by atoms with van der Waals surface area (Å²) in [5.74, 6) is -2.81. The summed E-state index contributed by atoms with van der Waals surface area (Å²) < 4.78 is 0. The number of amides is 2. The highest BCUT2D eigenvalue weighted by molar-refractivity contribution is 5.95. The number of rotatable bonds is 6. The predicted octanol–water partition coefficient (Wildman–Crippen LogP) is 0.856. The highest BCUT2D eigenvalue weighted by Crippen LogP contribution is 2.20. The largest absolute Gasteiger partial charge is 0.508 e. The fourth-order valence-electron chi connectivity index (χ4n) is 1.71. The number of hydrogen-bond acceptors (Lipinski definition) is 4. The molecule has 0 saturated heterocycles. The molecule has 4 N–H and O–H groups in total. The number of aromatic hydroxyl groups is 1. The number of carbonyl (C=O) groups excluding carboxylic acids is 1. The summed E-state index contributed by atoms with van der Waals surface area (Å²) in [6, 6.07) is 3.59. The summed E-state index contributed by atoms with van der Waals surface area (Å²) in [5.41, 5.74) is 0.370. The van der Waals surface area contributed by atoms with E-state index in [0.29, 0.717) is 5.69 Å². The molecule has 0 saturated carbocycles. The van der Waals surface area contributed by atoms with E-state index in [0.717, 1.165) is 0 Å². The number of hydrogen-bond donors (Lipinski definition) is 4. The van der Waals surface area contributed by atoms with E-state index < -0.39 is 30.4 Å². The number of urea groups is 1. The average molecular weight is 296 g/mol. The first-order valence-corrected chi connectivity index (χ1v) is 6.16. The molecule has 0 bridgehead atoms. The Bertz CT molecular complexity index is 545. The van der Waals surface area contributed by atoms with E-state index in [1.54, 1.807) is 13.0 Å². The minimum atomic E-state index is -1.53. The smallest absolute Gasteiger partial charge is 0.326 e. The van der Waals surface area contributed by atoms with Crippen molar-refractivity contribution in [3.05, 3.63) is 24.3 Å². The van der Waals surface area contributed by atoms with Crippen LogP contribution in [0.4, 0.5) is 10.5 Å². The molecule has 8 heteroatoms. The summed E-state index contributed by atoms with van der Waals surface area (Å²) in [6.07, 6.45) is -0.724. The molecule has 1 unspecified atom stereocenters. The maximum atomic E-state index is 12.1. The molecule has 0 aliphatic rings. The van der Waals surface area contributed by atoms with Gasteiger partial charge in [0, 0.05) is 18.3 Å². The van der Waals surface area contributed by atoms with Gasteiger partial charge in [-0.25, -0.2) is 9.59 Å². The van der Waals surface area contributed by atoms with Crippen molar-refractivity contribution >= 4 is 23.7 Å². The van der Waals surface area contributed by atoms with E-state index in [1.165, 1.54) is 23.1 Å². The molecule has 8 nitrogen and oxygen atoms in total. The number of phenols is 1. The monoisotopic (exact) mass is 296 g/mol. The van der Waals surface area contributed by atoms with E-state index in [2.05, 4.69) is 5.32 Å². The van der Waals surface area contributed by atoms with Crippen LogP contribution in [0.15, 0.2) is 24.3 Å². The molecule has 1 rings (SSSR count). The third-order valence-corrected chi connectivity index (χ3v) is 2.68. The fraction of sp³-hybridized carbons (Fsp3) is 0.308. The zero-order valence-electron chi connectivity index (χ0n) is 11.3. The molecule has 0 aliphatic carbocycles. The maximum absolute atomic E-state index is 12.1. The Labute approximate surface area is 120 Å². The number of anilines is 1. The normalized spacial score (nSPS) is 11.5.